The first kappa shape index (κ1) is 39.3. The number of carbonyl (C=O) groups excluding carboxylic acids is 4. The fourth-order valence-electron chi connectivity index (χ4n) is 4.24. The average Bonchev–Trinajstić information content (AvgIpc) is 3.02. The molecule has 2 N–H and O–H groups in total. The first-order valence-electron chi connectivity index (χ1n) is 15.2. The summed E-state index contributed by atoms with van der Waals surface area (Å²) in [6.45, 7) is 7.42. The van der Waals surface area contributed by atoms with Crippen LogP contribution in [0, 0.1) is 0 Å². The Morgan fingerprint density at radius 1 is 0.568 bits per heavy atom. The van der Waals surface area contributed by atoms with Crippen LogP contribution in [0.25, 0.3) is 0 Å². The Labute approximate surface area is 261 Å². The summed E-state index contributed by atoms with van der Waals surface area (Å²) < 4.78 is 31.2. The molecule has 1 rings (SSSR count). The highest BCUT2D eigenvalue weighted by Gasteiger charge is 2.23. The molecule has 0 spiro atoms. The molecule has 44 heavy (non-hydrogen) atoms. The lowest BCUT2D eigenvalue weighted by Crippen LogP contribution is -2.50. The van der Waals surface area contributed by atoms with E-state index in [4.69, 9.17) is 28.4 Å². The molecule has 0 aliphatic carbocycles. The van der Waals surface area contributed by atoms with Crippen LogP contribution in [0.15, 0.2) is 0 Å². The van der Waals surface area contributed by atoms with Crippen LogP contribution in [0.5, 0.6) is 0 Å². The zero-order valence-corrected chi connectivity index (χ0v) is 27.0. The zero-order chi connectivity index (χ0) is 32.4. The number of methoxy groups -OCH3 is 3. The normalized spacial score (nSPS) is 15.6. The monoisotopic (exact) mass is 634 g/mol. The van der Waals surface area contributed by atoms with Gasteiger partial charge in [-0.3, -0.25) is 19.4 Å². The van der Waals surface area contributed by atoms with Gasteiger partial charge in [0.25, 0.3) is 0 Å². The third-order valence-electron chi connectivity index (χ3n) is 6.80. The number of hydrogen-bond donors (Lipinski definition) is 2. The predicted molar refractivity (Wildman–Crippen MR) is 161 cm³/mol. The van der Waals surface area contributed by atoms with Crippen molar-refractivity contribution < 1.29 is 47.6 Å². The Morgan fingerprint density at radius 3 is 1.48 bits per heavy atom. The molecule has 0 aromatic rings. The lowest BCUT2D eigenvalue weighted by molar-refractivity contribution is -0.142. The van der Waals surface area contributed by atoms with E-state index in [9.17, 15) is 19.2 Å². The van der Waals surface area contributed by atoms with Gasteiger partial charge in [-0.25, -0.2) is 9.59 Å². The highest BCUT2D eigenvalue weighted by Crippen LogP contribution is 2.04. The summed E-state index contributed by atoms with van der Waals surface area (Å²) in [6, 6.07) is 0. The summed E-state index contributed by atoms with van der Waals surface area (Å²) >= 11 is 0. The van der Waals surface area contributed by atoms with Gasteiger partial charge in [0.05, 0.1) is 60.8 Å². The van der Waals surface area contributed by atoms with Crippen molar-refractivity contribution >= 4 is 24.1 Å². The number of hydrogen-bond acceptors (Lipinski definition) is 13. The van der Waals surface area contributed by atoms with Gasteiger partial charge in [0.2, 0.25) is 5.91 Å². The van der Waals surface area contributed by atoms with Gasteiger partial charge in [-0.2, -0.15) is 0 Å². The van der Waals surface area contributed by atoms with E-state index < -0.39 is 18.2 Å². The van der Waals surface area contributed by atoms with E-state index in [1.54, 1.807) is 0 Å². The highest BCUT2D eigenvalue weighted by molar-refractivity contribution is 5.78. The number of nitrogens with one attached hydrogen (secondary N) is 2. The second-order valence-electron chi connectivity index (χ2n) is 10.0. The molecule has 0 unspecified atom stereocenters. The summed E-state index contributed by atoms with van der Waals surface area (Å²) in [4.78, 5) is 56.3. The lowest BCUT2D eigenvalue weighted by atomic mass is 10.3. The van der Waals surface area contributed by atoms with Gasteiger partial charge < -0.3 is 48.9 Å². The highest BCUT2D eigenvalue weighted by atomic mass is 16.6. The van der Waals surface area contributed by atoms with Crippen LogP contribution in [-0.2, 0) is 38.0 Å². The average molecular weight is 635 g/mol. The van der Waals surface area contributed by atoms with Crippen molar-refractivity contribution in [2.24, 2.45) is 0 Å². The quantitative estimate of drug-likeness (QED) is 0.108. The molecular weight excluding hydrogens is 580 g/mol. The molecule has 1 heterocycles. The first-order chi connectivity index (χ1) is 21.3. The summed E-state index contributed by atoms with van der Waals surface area (Å²) in [6.07, 6.45) is 0.567. The number of rotatable bonds is 18. The molecule has 1 saturated heterocycles. The Kier molecular flexibility index (Phi) is 22.8. The molecular formula is C28H54N6O10. The van der Waals surface area contributed by atoms with Crippen molar-refractivity contribution in [2.45, 2.75) is 12.8 Å². The number of ether oxygens (including phenoxy) is 6. The van der Waals surface area contributed by atoms with Gasteiger partial charge in [0.15, 0.2) is 0 Å². The van der Waals surface area contributed by atoms with Crippen LogP contribution in [0.4, 0.5) is 9.59 Å². The van der Waals surface area contributed by atoms with Gasteiger partial charge in [-0.15, -0.1) is 0 Å². The van der Waals surface area contributed by atoms with Crippen LogP contribution in [0.1, 0.15) is 12.8 Å². The van der Waals surface area contributed by atoms with Crippen LogP contribution in [0.2, 0.25) is 0 Å². The van der Waals surface area contributed by atoms with E-state index in [1.807, 2.05) is 16.8 Å². The Balaban J connectivity index is 2.52. The second kappa shape index (κ2) is 25.6. The van der Waals surface area contributed by atoms with Gasteiger partial charge in [-0.05, 0) is 26.4 Å². The largest absolute Gasteiger partial charge is 0.468 e. The number of amides is 3. The van der Waals surface area contributed by atoms with Crippen molar-refractivity contribution in [3.63, 3.8) is 0 Å². The van der Waals surface area contributed by atoms with Crippen LogP contribution < -0.4 is 10.6 Å². The number of esters is 1. The summed E-state index contributed by atoms with van der Waals surface area (Å²) in [5.41, 5.74) is 0. The van der Waals surface area contributed by atoms with E-state index in [0.29, 0.717) is 78.8 Å². The Morgan fingerprint density at radius 2 is 1.00 bits per heavy atom. The van der Waals surface area contributed by atoms with E-state index >= 15 is 0 Å². The molecule has 256 valence electrons. The van der Waals surface area contributed by atoms with Crippen molar-refractivity contribution in [3.05, 3.63) is 0 Å². The number of nitrogens with zero attached hydrogens (tertiary/aromatic N) is 4. The summed E-state index contributed by atoms with van der Waals surface area (Å²) in [7, 11) is 5.82. The molecule has 0 aromatic carbocycles. The zero-order valence-electron chi connectivity index (χ0n) is 27.0. The molecule has 1 aliphatic rings. The number of carbonyl (C=O) groups is 4. The van der Waals surface area contributed by atoms with Gasteiger partial charge in [0.1, 0.15) is 0 Å². The third kappa shape index (κ3) is 18.8. The predicted octanol–water partition coefficient (Wildman–Crippen LogP) is -0.921. The molecule has 0 radical (unpaired) electrons. The maximum absolute atomic E-state index is 12.8. The molecule has 0 aromatic heterocycles. The SMILES string of the molecule is CNCCCOCCOCCOCCCNC(=O)CN1CCN(CC(=O)OC)CCN(C(=O)OC)CCN(C(=O)OC)CC1. The topological polar surface area (TPSA) is 161 Å². The lowest BCUT2D eigenvalue weighted by Gasteiger charge is -2.33. The van der Waals surface area contributed by atoms with Crippen LogP contribution >= 0.6 is 0 Å². The van der Waals surface area contributed by atoms with Gasteiger partial charge in [0, 0.05) is 72.1 Å². The van der Waals surface area contributed by atoms with Crippen LogP contribution in [-0.4, -0.2) is 190 Å². The fourth-order valence-corrected chi connectivity index (χ4v) is 4.24. The maximum atomic E-state index is 12.8. The van der Waals surface area contributed by atoms with Gasteiger partial charge in [-0.1, -0.05) is 0 Å². The molecule has 16 heteroatoms. The Bertz CT molecular complexity index is 809. The van der Waals surface area contributed by atoms with Crippen molar-refractivity contribution in [3.8, 4) is 0 Å². The maximum Gasteiger partial charge on any atom is 0.409 e. The minimum Gasteiger partial charge on any atom is -0.468 e. The molecule has 3 amide bonds. The Hall–Kier alpha value is -2.76. The summed E-state index contributed by atoms with van der Waals surface area (Å²) in [5.74, 6) is -0.558. The van der Waals surface area contributed by atoms with Gasteiger partial charge >= 0.3 is 18.2 Å². The smallest absolute Gasteiger partial charge is 0.409 e. The van der Waals surface area contributed by atoms with Crippen molar-refractivity contribution in [1.29, 1.82) is 0 Å². The standard InChI is InChI=1S/C28H54N6O10/c1-29-7-5-17-42-19-21-44-22-20-43-18-6-8-30-25(35)23-31-9-10-32(24-26(36)39-2)12-14-34(28(38)41-4)16-15-33(13-11-31)27(37)40-3/h29H,5-24H2,1-4H3,(H,30,35). The summed E-state index contributed by atoms with van der Waals surface area (Å²) in [5, 5.41) is 5.98. The van der Waals surface area contributed by atoms with Crippen LogP contribution in [0.3, 0.4) is 0 Å². The minimum atomic E-state index is -0.529. The molecule has 0 bridgehead atoms. The fraction of sp³-hybridized carbons (Fsp3) is 0.857. The molecule has 1 aliphatic heterocycles. The van der Waals surface area contributed by atoms with E-state index in [1.165, 1.54) is 31.1 Å². The molecule has 1 fully saturated rings. The second-order valence-corrected chi connectivity index (χ2v) is 10.0. The third-order valence-corrected chi connectivity index (χ3v) is 6.80. The van der Waals surface area contributed by atoms with Crippen molar-refractivity contribution in [1.82, 2.24) is 30.2 Å². The molecule has 0 atom stereocenters. The van der Waals surface area contributed by atoms with E-state index in [-0.39, 0.29) is 45.2 Å². The minimum absolute atomic E-state index is 0.0373. The first-order valence-corrected chi connectivity index (χ1v) is 15.2. The molecule has 16 nitrogen and oxygen atoms in total. The molecule has 0 saturated carbocycles. The van der Waals surface area contributed by atoms with Crippen molar-refractivity contribution in [2.75, 3.05) is 147 Å². The van der Waals surface area contributed by atoms with E-state index in [2.05, 4.69) is 10.6 Å². The van der Waals surface area contributed by atoms with E-state index in [0.717, 1.165) is 13.0 Å².